The topological polar surface area (TPSA) is 103 Å². The maximum Gasteiger partial charge on any atom is 0.435 e. The molecule has 2 saturated heterocycles. The Bertz CT molecular complexity index is 1570. The molecule has 10 nitrogen and oxygen atoms in total. The first-order valence-electron chi connectivity index (χ1n) is 14.5. The maximum atomic E-state index is 15.1. The van der Waals surface area contributed by atoms with Crippen LogP contribution in [0.1, 0.15) is 24.8 Å². The van der Waals surface area contributed by atoms with Crippen LogP contribution in [-0.4, -0.2) is 78.9 Å². The van der Waals surface area contributed by atoms with Gasteiger partial charge >= 0.3 is 12.1 Å². The van der Waals surface area contributed by atoms with Crippen molar-refractivity contribution in [1.29, 1.82) is 0 Å². The second-order valence-corrected chi connectivity index (χ2v) is 10.4. The molecule has 236 valence electrons. The third kappa shape index (κ3) is 8.01. The molecule has 3 aromatic rings. The van der Waals surface area contributed by atoms with Crippen LogP contribution in [-0.2, 0) is 11.3 Å². The van der Waals surface area contributed by atoms with Crippen LogP contribution in [0.15, 0.2) is 58.5 Å². The Morgan fingerprint density at radius 3 is 2.27 bits per heavy atom. The van der Waals surface area contributed by atoms with Crippen LogP contribution >= 0.6 is 0 Å². The van der Waals surface area contributed by atoms with E-state index in [0.29, 0.717) is 37.1 Å². The van der Waals surface area contributed by atoms with Gasteiger partial charge in [0.15, 0.2) is 0 Å². The zero-order valence-electron chi connectivity index (χ0n) is 24.3. The van der Waals surface area contributed by atoms with E-state index in [4.69, 9.17) is 4.74 Å². The number of piperidine rings is 1. The minimum Gasteiger partial charge on any atom is -0.443 e. The van der Waals surface area contributed by atoms with Crippen molar-refractivity contribution in [2.24, 2.45) is 9.98 Å². The van der Waals surface area contributed by atoms with Gasteiger partial charge < -0.3 is 19.9 Å². The minimum atomic E-state index is -1.07. The molecule has 2 fully saturated rings. The monoisotopic (exact) mass is 625 g/mol. The average Bonchev–Trinajstić information content (AvgIpc) is 3.04. The number of pyridine rings is 1. The fraction of sp³-hybridized carbons (Fsp3) is 0.323. The summed E-state index contributed by atoms with van der Waals surface area (Å²) in [5.74, 6) is -4.29. The number of amides is 3. The summed E-state index contributed by atoms with van der Waals surface area (Å²) < 4.78 is 64.3. The lowest BCUT2D eigenvalue weighted by Crippen LogP contribution is -2.43. The highest BCUT2D eigenvalue weighted by molar-refractivity contribution is 6.02. The minimum absolute atomic E-state index is 0.154. The van der Waals surface area contributed by atoms with Gasteiger partial charge in [-0.3, -0.25) is 0 Å². The van der Waals surface area contributed by atoms with E-state index < -0.39 is 47.7 Å². The largest absolute Gasteiger partial charge is 0.443 e. The Morgan fingerprint density at radius 1 is 0.867 bits per heavy atom. The number of halogens is 4. The smallest absolute Gasteiger partial charge is 0.435 e. The molecule has 3 heterocycles. The molecule has 0 unspecified atom stereocenters. The van der Waals surface area contributed by atoms with E-state index in [1.54, 1.807) is 4.90 Å². The van der Waals surface area contributed by atoms with Gasteiger partial charge in [0.2, 0.25) is 0 Å². The van der Waals surface area contributed by atoms with Gasteiger partial charge in [0.05, 0.1) is 18.4 Å². The second-order valence-electron chi connectivity index (χ2n) is 10.4. The number of ether oxygens (including phenoxy) is 1. The van der Waals surface area contributed by atoms with Gasteiger partial charge in [0.25, 0.3) is 0 Å². The SMILES string of the molecule is O=C(N=CN1CCCCC1)OCc1ccc(N(C(=O)N=CN2CCNCC2)c2c(F)cccc2F)nc1-c1ccc(F)cc1F. The van der Waals surface area contributed by atoms with Crippen LogP contribution in [0.25, 0.3) is 11.3 Å². The van der Waals surface area contributed by atoms with Crippen molar-refractivity contribution in [3.63, 3.8) is 0 Å². The van der Waals surface area contributed by atoms with Gasteiger partial charge in [-0.1, -0.05) is 6.07 Å². The molecule has 0 spiro atoms. The number of hydrogen-bond acceptors (Lipinski definition) is 5. The fourth-order valence-electron chi connectivity index (χ4n) is 4.97. The first-order valence-corrected chi connectivity index (χ1v) is 14.5. The number of nitrogens with zero attached hydrogens (tertiary/aromatic N) is 6. The molecule has 0 saturated carbocycles. The van der Waals surface area contributed by atoms with Crippen molar-refractivity contribution < 1.29 is 31.9 Å². The zero-order valence-corrected chi connectivity index (χ0v) is 24.3. The summed E-state index contributed by atoms with van der Waals surface area (Å²) in [6, 6.07) is 7.39. The lowest BCUT2D eigenvalue weighted by atomic mass is 10.1. The predicted molar refractivity (Wildman–Crippen MR) is 161 cm³/mol. The molecular weight excluding hydrogens is 594 g/mol. The zero-order chi connectivity index (χ0) is 31.8. The van der Waals surface area contributed by atoms with Crippen molar-refractivity contribution in [3.05, 3.63) is 77.4 Å². The number of aliphatic imine (C=N–C) groups is 2. The van der Waals surface area contributed by atoms with Gasteiger partial charge in [-0.15, -0.1) is 0 Å². The number of nitrogens with one attached hydrogen (secondary N) is 1. The van der Waals surface area contributed by atoms with Crippen molar-refractivity contribution in [3.8, 4) is 11.3 Å². The first kappa shape index (κ1) is 31.6. The lowest BCUT2D eigenvalue weighted by molar-refractivity contribution is 0.150. The third-order valence-corrected chi connectivity index (χ3v) is 7.28. The van der Waals surface area contributed by atoms with Crippen LogP contribution in [0.5, 0.6) is 0 Å². The Kier molecular flexibility index (Phi) is 10.3. The van der Waals surface area contributed by atoms with E-state index in [-0.39, 0.29) is 22.6 Å². The molecule has 0 aliphatic carbocycles. The summed E-state index contributed by atoms with van der Waals surface area (Å²) in [4.78, 5) is 42.3. The summed E-state index contributed by atoms with van der Waals surface area (Å²) >= 11 is 0. The summed E-state index contributed by atoms with van der Waals surface area (Å²) in [7, 11) is 0. The molecule has 2 aliphatic rings. The molecule has 14 heteroatoms. The molecule has 45 heavy (non-hydrogen) atoms. The Labute approximate surface area is 257 Å². The number of carbonyl (C=O) groups is 2. The first-order chi connectivity index (χ1) is 21.8. The highest BCUT2D eigenvalue weighted by atomic mass is 19.1. The number of para-hydroxylation sites is 1. The second kappa shape index (κ2) is 14.8. The molecule has 1 aromatic heterocycles. The van der Waals surface area contributed by atoms with Crippen LogP contribution in [0.3, 0.4) is 0 Å². The molecule has 0 radical (unpaired) electrons. The molecule has 2 aromatic carbocycles. The van der Waals surface area contributed by atoms with Gasteiger partial charge in [0, 0.05) is 56.5 Å². The van der Waals surface area contributed by atoms with Crippen LogP contribution in [0.2, 0.25) is 0 Å². The average molecular weight is 626 g/mol. The number of aromatic nitrogens is 1. The molecule has 3 amide bonds. The number of anilines is 2. The number of hydrogen-bond donors (Lipinski definition) is 1. The predicted octanol–water partition coefficient (Wildman–Crippen LogP) is 5.65. The van der Waals surface area contributed by atoms with Crippen molar-refractivity contribution in [2.75, 3.05) is 44.2 Å². The Balaban J connectivity index is 1.50. The van der Waals surface area contributed by atoms with Gasteiger partial charge in [-0.25, -0.2) is 37.0 Å². The van der Waals surface area contributed by atoms with E-state index >= 15 is 13.2 Å². The molecule has 0 bridgehead atoms. The van der Waals surface area contributed by atoms with Crippen molar-refractivity contribution >= 4 is 36.3 Å². The summed E-state index contributed by atoms with van der Waals surface area (Å²) in [6.45, 7) is 3.57. The molecule has 2 aliphatic heterocycles. The highest BCUT2D eigenvalue weighted by Crippen LogP contribution is 2.34. The Hall–Kier alpha value is -4.85. The number of piperazine rings is 1. The summed E-state index contributed by atoms with van der Waals surface area (Å²) in [6.07, 6.45) is 4.88. The van der Waals surface area contributed by atoms with E-state index in [0.717, 1.165) is 62.7 Å². The maximum absolute atomic E-state index is 15.1. The summed E-state index contributed by atoms with van der Waals surface area (Å²) in [5, 5.41) is 3.16. The summed E-state index contributed by atoms with van der Waals surface area (Å²) in [5.41, 5.74) is -0.939. The van der Waals surface area contributed by atoms with Crippen molar-refractivity contribution in [2.45, 2.75) is 25.9 Å². The number of likely N-dealkylation sites (tertiary alicyclic amines) is 1. The number of rotatable bonds is 7. The van der Waals surface area contributed by atoms with Crippen LogP contribution in [0.4, 0.5) is 38.7 Å². The van der Waals surface area contributed by atoms with E-state index in [1.807, 2.05) is 4.90 Å². The number of benzene rings is 2. The van der Waals surface area contributed by atoms with Gasteiger partial charge in [-0.2, -0.15) is 9.98 Å². The number of carbonyl (C=O) groups excluding carboxylic acids is 2. The third-order valence-electron chi connectivity index (χ3n) is 7.28. The van der Waals surface area contributed by atoms with E-state index in [2.05, 4.69) is 20.3 Å². The highest BCUT2D eigenvalue weighted by Gasteiger charge is 2.27. The fourth-order valence-corrected chi connectivity index (χ4v) is 4.97. The lowest BCUT2D eigenvalue weighted by Gasteiger charge is -2.25. The molecular formula is C31H31F4N7O3. The van der Waals surface area contributed by atoms with Crippen LogP contribution < -0.4 is 10.2 Å². The standard InChI is InChI=1S/C31H31F4N7O3/c32-22-8-9-23(26(35)17-22)28-21(18-45-31(44)38-20-40-13-2-1-3-14-40)7-10-27(39-28)42(29-24(33)5-4-6-25(29)34)30(43)37-19-41-15-11-36-12-16-41/h4-10,17,19-20,36H,1-3,11-16,18H2. The quantitative estimate of drug-likeness (QED) is 0.206. The molecule has 1 N–H and O–H groups in total. The van der Waals surface area contributed by atoms with E-state index in [1.165, 1.54) is 24.8 Å². The normalized spacial score (nSPS) is 15.6. The molecule has 0 atom stereocenters. The van der Waals surface area contributed by atoms with Gasteiger partial charge in [0.1, 0.15) is 41.4 Å². The Morgan fingerprint density at radius 2 is 1.56 bits per heavy atom. The van der Waals surface area contributed by atoms with Gasteiger partial charge in [-0.05, 0) is 55.7 Å². The van der Waals surface area contributed by atoms with Crippen LogP contribution in [0, 0.1) is 23.3 Å². The van der Waals surface area contributed by atoms with E-state index in [9.17, 15) is 14.0 Å². The number of urea groups is 1. The molecule has 5 rings (SSSR count). The van der Waals surface area contributed by atoms with Crippen molar-refractivity contribution in [1.82, 2.24) is 20.1 Å².